The predicted molar refractivity (Wildman–Crippen MR) is 80.2 cm³/mol. The number of ether oxygens (including phenoxy) is 1. The Bertz CT molecular complexity index is 623. The van der Waals surface area contributed by atoms with Gasteiger partial charge < -0.3 is 10.5 Å². The van der Waals surface area contributed by atoms with Crippen molar-refractivity contribution in [1.29, 1.82) is 0 Å². The molecule has 0 saturated carbocycles. The Hall–Kier alpha value is -1.03. The van der Waals surface area contributed by atoms with Crippen molar-refractivity contribution >= 4 is 22.9 Å². The van der Waals surface area contributed by atoms with Crippen molar-refractivity contribution < 1.29 is 4.74 Å². The molecule has 2 atom stereocenters. The van der Waals surface area contributed by atoms with Crippen LogP contribution in [-0.4, -0.2) is 0 Å². The Morgan fingerprint density at radius 1 is 1.26 bits per heavy atom. The minimum Gasteiger partial charge on any atom is -0.485 e. The van der Waals surface area contributed by atoms with Crippen molar-refractivity contribution in [3.63, 3.8) is 0 Å². The van der Waals surface area contributed by atoms with E-state index >= 15 is 0 Å². The van der Waals surface area contributed by atoms with Gasteiger partial charge in [0.05, 0.1) is 0 Å². The predicted octanol–water partition coefficient (Wildman–Crippen LogP) is 4.54. The zero-order chi connectivity index (χ0) is 13.6. The van der Waals surface area contributed by atoms with Gasteiger partial charge in [-0.05, 0) is 38.1 Å². The summed E-state index contributed by atoms with van der Waals surface area (Å²) in [6, 6.07) is 7.86. The lowest BCUT2D eigenvalue weighted by Gasteiger charge is -2.30. The SMILES string of the molecule is Cc1cc(C2C[C@H](N)c3cc(Cl)ccc3O2)c(C)s1. The van der Waals surface area contributed by atoms with Gasteiger partial charge >= 0.3 is 0 Å². The summed E-state index contributed by atoms with van der Waals surface area (Å²) in [5.41, 5.74) is 8.53. The third-order valence-electron chi connectivity index (χ3n) is 3.53. The second-order valence-electron chi connectivity index (χ2n) is 5.00. The number of hydrogen-bond donors (Lipinski definition) is 1. The fraction of sp³-hybridized carbons (Fsp3) is 0.333. The molecule has 2 nitrogen and oxygen atoms in total. The third-order valence-corrected chi connectivity index (χ3v) is 4.75. The molecular formula is C15H16ClNOS. The second-order valence-corrected chi connectivity index (χ2v) is 6.90. The van der Waals surface area contributed by atoms with E-state index in [1.807, 2.05) is 18.2 Å². The fourth-order valence-corrected chi connectivity index (χ4v) is 3.79. The molecule has 1 aliphatic heterocycles. The molecule has 1 aliphatic rings. The number of nitrogens with two attached hydrogens (primary N) is 1. The van der Waals surface area contributed by atoms with E-state index in [1.54, 1.807) is 11.3 Å². The van der Waals surface area contributed by atoms with Gasteiger partial charge in [0.1, 0.15) is 11.9 Å². The van der Waals surface area contributed by atoms with E-state index in [-0.39, 0.29) is 12.1 Å². The highest BCUT2D eigenvalue weighted by molar-refractivity contribution is 7.12. The van der Waals surface area contributed by atoms with Crippen molar-refractivity contribution in [1.82, 2.24) is 0 Å². The monoisotopic (exact) mass is 293 g/mol. The largest absolute Gasteiger partial charge is 0.485 e. The first-order valence-corrected chi connectivity index (χ1v) is 7.52. The average Bonchev–Trinajstić information content (AvgIpc) is 2.69. The molecule has 1 unspecified atom stereocenters. The van der Waals surface area contributed by atoms with Crippen molar-refractivity contribution in [3.05, 3.63) is 50.2 Å². The third kappa shape index (κ3) is 2.38. The molecule has 1 aromatic heterocycles. The van der Waals surface area contributed by atoms with Crippen LogP contribution in [0.3, 0.4) is 0 Å². The van der Waals surface area contributed by atoms with Gasteiger partial charge in [-0.15, -0.1) is 11.3 Å². The molecule has 0 bridgehead atoms. The number of benzene rings is 1. The maximum Gasteiger partial charge on any atom is 0.127 e. The quantitative estimate of drug-likeness (QED) is 0.837. The lowest BCUT2D eigenvalue weighted by molar-refractivity contribution is 0.161. The molecular weight excluding hydrogens is 278 g/mol. The standard InChI is InChI=1S/C15H16ClNOS/c1-8-5-11(9(2)19-8)15-7-13(17)12-6-10(16)3-4-14(12)18-15/h3-6,13,15H,7,17H2,1-2H3/t13-,15?/m0/s1. The highest BCUT2D eigenvalue weighted by Gasteiger charge is 2.28. The molecule has 0 saturated heterocycles. The molecule has 100 valence electrons. The number of hydrogen-bond acceptors (Lipinski definition) is 3. The first kappa shape index (κ1) is 13.0. The molecule has 4 heteroatoms. The highest BCUT2D eigenvalue weighted by Crippen LogP contribution is 2.42. The summed E-state index contributed by atoms with van der Waals surface area (Å²) >= 11 is 7.82. The van der Waals surface area contributed by atoms with Crippen LogP contribution in [0.4, 0.5) is 0 Å². The minimum atomic E-state index is -0.0212. The maximum atomic E-state index is 6.26. The first-order chi connectivity index (χ1) is 9.04. The van der Waals surface area contributed by atoms with Gasteiger partial charge in [-0.25, -0.2) is 0 Å². The fourth-order valence-electron chi connectivity index (χ4n) is 2.64. The Morgan fingerprint density at radius 2 is 2.05 bits per heavy atom. The van der Waals surface area contributed by atoms with E-state index in [1.165, 1.54) is 15.3 Å². The Balaban J connectivity index is 1.97. The van der Waals surface area contributed by atoms with Crippen molar-refractivity contribution in [3.8, 4) is 5.75 Å². The van der Waals surface area contributed by atoms with E-state index in [0.29, 0.717) is 5.02 Å². The molecule has 2 heterocycles. The molecule has 0 fully saturated rings. The molecule has 0 aliphatic carbocycles. The average molecular weight is 294 g/mol. The van der Waals surface area contributed by atoms with E-state index in [9.17, 15) is 0 Å². The zero-order valence-electron chi connectivity index (χ0n) is 10.9. The normalized spacial score (nSPS) is 21.9. The molecule has 2 aromatic rings. The van der Waals surface area contributed by atoms with Crippen LogP contribution in [0.25, 0.3) is 0 Å². The number of aryl methyl sites for hydroxylation is 2. The lowest BCUT2D eigenvalue weighted by atomic mass is 9.94. The van der Waals surface area contributed by atoms with E-state index < -0.39 is 0 Å². The summed E-state index contributed by atoms with van der Waals surface area (Å²) in [7, 11) is 0. The molecule has 0 amide bonds. The lowest BCUT2D eigenvalue weighted by Crippen LogP contribution is -2.24. The molecule has 2 N–H and O–H groups in total. The van der Waals surface area contributed by atoms with Crippen LogP contribution in [0, 0.1) is 13.8 Å². The van der Waals surface area contributed by atoms with Gasteiger partial charge in [0.2, 0.25) is 0 Å². The van der Waals surface area contributed by atoms with Gasteiger partial charge in [-0.1, -0.05) is 11.6 Å². The summed E-state index contributed by atoms with van der Waals surface area (Å²) in [6.45, 7) is 4.26. The van der Waals surface area contributed by atoms with Crippen LogP contribution in [0.2, 0.25) is 5.02 Å². The zero-order valence-corrected chi connectivity index (χ0v) is 12.5. The minimum absolute atomic E-state index is 0.0212. The Kier molecular flexibility index (Phi) is 3.29. The van der Waals surface area contributed by atoms with Crippen LogP contribution in [-0.2, 0) is 0 Å². The molecule has 3 rings (SSSR count). The summed E-state index contributed by atoms with van der Waals surface area (Å²) in [5.74, 6) is 0.858. The summed E-state index contributed by atoms with van der Waals surface area (Å²) in [6.07, 6.45) is 0.846. The number of thiophene rings is 1. The summed E-state index contributed by atoms with van der Waals surface area (Å²) in [4.78, 5) is 2.62. The number of fused-ring (bicyclic) bond motifs is 1. The van der Waals surface area contributed by atoms with Crippen LogP contribution in [0.1, 0.15) is 39.4 Å². The smallest absolute Gasteiger partial charge is 0.127 e. The molecule has 1 aromatic carbocycles. The van der Waals surface area contributed by atoms with Crippen LogP contribution >= 0.6 is 22.9 Å². The van der Waals surface area contributed by atoms with Gasteiger partial charge in [-0.3, -0.25) is 0 Å². The van der Waals surface area contributed by atoms with Gasteiger partial charge in [-0.2, -0.15) is 0 Å². The van der Waals surface area contributed by atoms with Crippen molar-refractivity contribution in [2.24, 2.45) is 5.73 Å². The highest BCUT2D eigenvalue weighted by atomic mass is 35.5. The van der Waals surface area contributed by atoms with E-state index in [4.69, 9.17) is 22.1 Å². The topological polar surface area (TPSA) is 35.2 Å². The van der Waals surface area contributed by atoms with Crippen LogP contribution in [0.5, 0.6) is 5.75 Å². The van der Waals surface area contributed by atoms with Gasteiger partial charge in [0, 0.05) is 38.4 Å². The van der Waals surface area contributed by atoms with E-state index in [2.05, 4.69) is 19.9 Å². The Morgan fingerprint density at radius 3 is 2.74 bits per heavy atom. The summed E-state index contributed by atoms with van der Waals surface area (Å²) < 4.78 is 6.11. The molecule has 19 heavy (non-hydrogen) atoms. The van der Waals surface area contributed by atoms with Crippen molar-refractivity contribution in [2.75, 3.05) is 0 Å². The maximum absolute atomic E-state index is 6.26. The Labute approximate surface area is 122 Å². The number of halogens is 1. The first-order valence-electron chi connectivity index (χ1n) is 6.33. The van der Waals surface area contributed by atoms with Gasteiger partial charge in [0.25, 0.3) is 0 Å². The van der Waals surface area contributed by atoms with Crippen LogP contribution < -0.4 is 10.5 Å². The number of rotatable bonds is 1. The summed E-state index contributed by atoms with van der Waals surface area (Å²) in [5, 5.41) is 0.707. The van der Waals surface area contributed by atoms with Gasteiger partial charge in [0.15, 0.2) is 0 Å². The molecule has 0 spiro atoms. The van der Waals surface area contributed by atoms with Crippen LogP contribution in [0.15, 0.2) is 24.3 Å². The second kappa shape index (κ2) is 4.82. The molecule has 0 radical (unpaired) electrons. The van der Waals surface area contributed by atoms with Crippen molar-refractivity contribution in [2.45, 2.75) is 32.4 Å². The van der Waals surface area contributed by atoms with E-state index in [0.717, 1.165) is 17.7 Å².